The largest absolute Gasteiger partial charge is 0.395 e. The predicted molar refractivity (Wildman–Crippen MR) is 147 cm³/mol. The summed E-state index contributed by atoms with van der Waals surface area (Å²) in [6.45, 7) is 6.47. The maximum absolute atomic E-state index is 15.1. The fourth-order valence-electron chi connectivity index (χ4n) is 4.51. The highest BCUT2D eigenvalue weighted by atomic mass is 19.2. The van der Waals surface area contributed by atoms with Crippen molar-refractivity contribution in [2.75, 3.05) is 54.9 Å². The normalized spacial score (nSPS) is 13.9. The number of carbonyl (C=O) groups excluding carboxylic acids is 1. The number of hydrogen-bond acceptors (Lipinski definition) is 8. The Kier molecular flexibility index (Phi) is 7.71. The number of halogens is 2. The molecule has 3 N–H and O–H groups in total. The molecule has 1 amide bonds. The Bertz CT molecular complexity index is 1520. The quantitative estimate of drug-likeness (QED) is 0.294. The first-order chi connectivity index (χ1) is 19.0. The van der Waals surface area contributed by atoms with Gasteiger partial charge in [-0.1, -0.05) is 30.8 Å². The van der Waals surface area contributed by atoms with Crippen LogP contribution in [-0.2, 0) is 4.79 Å². The molecule has 1 aliphatic rings. The molecule has 2 aromatic carbocycles. The van der Waals surface area contributed by atoms with Gasteiger partial charge in [-0.25, -0.2) is 23.7 Å². The average Bonchev–Trinajstić information content (AvgIpc) is 2.96. The van der Waals surface area contributed by atoms with Crippen LogP contribution in [0.1, 0.15) is 0 Å². The maximum atomic E-state index is 15.1. The number of carbonyl (C=O) groups is 1. The molecule has 9 nitrogen and oxygen atoms in total. The fraction of sp³-hybridized carbons (Fsp3) is 0.214. The van der Waals surface area contributed by atoms with Crippen molar-refractivity contribution in [3.05, 3.63) is 79.0 Å². The minimum atomic E-state index is -1.02. The second-order valence-corrected chi connectivity index (χ2v) is 8.98. The van der Waals surface area contributed by atoms with Crippen molar-refractivity contribution in [2.45, 2.75) is 0 Å². The van der Waals surface area contributed by atoms with E-state index in [9.17, 15) is 4.79 Å². The van der Waals surface area contributed by atoms with Crippen molar-refractivity contribution >= 4 is 40.0 Å². The number of rotatable bonds is 8. The molecule has 4 aromatic rings. The zero-order valence-electron chi connectivity index (χ0n) is 21.1. The van der Waals surface area contributed by atoms with Crippen LogP contribution in [0.25, 0.3) is 22.2 Å². The van der Waals surface area contributed by atoms with Crippen LogP contribution in [0.2, 0.25) is 0 Å². The summed E-state index contributed by atoms with van der Waals surface area (Å²) in [7, 11) is 0. The molecule has 200 valence electrons. The summed E-state index contributed by atoms with van der Waals surface area (Å²) in [6.07, 6.45) is 2.75. The molecule has 11 heteroatoms. The number of para-hydroxylation sites is 1. The SMILES string of the molecule is C=CC(=O)Nc1cccc(-c2cccc3cnc(Nc4ccc(N5CCN(CCO)CC5)c(F)c4F)nc23)n1. The van der Waals surface area contributed by atoms with Crippen molar-refractivity contribution in [1.29, 1.82) is 0 Å². The summed E-state index contributed by atoms with van der Waals surface area (Å²) in [5, 5.41) is 15.3. The molecule has 1 fully saturated rings. The Morgan fingerprint density at radius 1 is 1.03 bits per heavy atom. The van der Waals surface area contributed by atoms with E-state index in [2.05, 4.69) is 37.1 Å². The van der Waals surface area contributed by atoms with Gasteiger partial charge in [-0.2, -0.15) is 0 Å². The lowest BCUT2D eigenvalue weighted by atomic mass is 10.1. The Hall–Kier alpha value is -4.48. The van der Waals surface area contributed by atoms with Gasteiger partial charge < -0.3 is 20.6 Å². The van der Waals surface area contributed by atoms with Gasteiger partial charge in [0.2, 0.25) is 11.9 Å². The third-order valence-corrected chi connectivity index (χ3v) is 6.51. The Morgan fingerprint density at radius 3 is 2.59 bits per heavy atom. The van der Waals surface area contributed by atoms with Crippen molar-refractivity contribution in [3.63, 3.8) is 0 Å². The van der Waals surface area contributed by atoms with Crippen molar-refractivity contribution in [3.8, 4) is 11.3 Å². The van der Waals surface area contributed by atoms with Crippen molar-refractivity contribution in [1.82, 2.24) is 19.9 Å². The van der Waals surface area contributed by atoms with Crippen molar-refractivity contribution in [2.24, 2.45) is 0 Å². The molecule has 1 aliphatic heterocycles. The number of aliphatic hydroxyl groups is 1. The zero-order valence-corrected chi connectivity index (χ0v) is 21.1. The zero-order chi connectivity index (χ0) is 27.4. The highest BCUT2D eigenvalue weighted by Gasteiger charge is 2.23. The Labute approximate surface area is 223 Å². The third-order valence-electron chi connectivity index (χ3n) is 6.51. The van der Waals surface area contributed by atoms with E-state index >= 15 is 8.78 Å². The van der Waals surface area contributed by atoms with E-state index in [1.165, 1.54) is 6.07 Å². The number of pyridine rings is 1. The number of aromatic nitrogens is 3. The van der Waals surface area contributed by atoms with E-state index in [1.807, 2.05) is 18.2 Å². The number of nitrogens with one attached hydrogen (secondary N) is 2. The number of hydrogen-bond donors (Lipinski definition) is 3. The average molecular weight is 532 g/mol. The highest BCUT2D eigenvalue weighted by Crippen LogP contribution is 2.31. The Balaban J connectivity index is 1.40. The van der Waals surface area contributed by atoms with Gasteiger partial charge >= 0.3 is 0 Å². The molecule has 0 saturated carbocycles. The lowest BCUT2D eigenvalue weighted by molar-refractivity contribution is -0.111. The topological polar surface area (TPSA) is 107 Å². The van der Waals surface area contributed by atoms with E-state index in [4.69, 9.17) is 5.11 Å². The standard InChI is InChI=1S/C28H27F2N7O2/c1-2-24(39)34-23-8-4-7-20(32-23)19-6-3-5-18-17-31-28(35-27(18)19)33-21-9-10-22(26(30)25(21)29)37-13-11-36(12-14-37)15-16-38/h2-10,17,38H,1,11-16H2,(H,31,33,35)(H,32,34,39). The lowest BCUT2D eigenvalue weighted by Gasteiger charge is -2.36. The van der Waals surface area contributed by atoms with Gasteiger partial charge in [0, 0.05) is 49.9 Å². The number of β-amino-alcohol motifs (C(OH)–C–C–N with tert-alkyl or cyclic N) is 1. The minimum absolute atomic E-state index is 0.0680. The van der Waals surface area contributed by atoms with Gasteiger partial charge in [0.1, 0.15) is 5.82 Å². The first kappa shape index (κ1) is 26.1. The van der Waals surface area contributed by atoms with Gasteiger partial charge in [0.15, 0.2) is 11.6 Å². The van der Waals surface area contributed by atoms with Crippen LogP contribution in [0.4, 0.5) is 31.9 Å². The van der Waals surface area contributed by atoms with E-state index in [-0.39, 0.29) is 29.8 Å². The number of nitrogens with zero attached hydrogens (tertiary/aromatic N) is 5. The van der Waals surface area contributed by atoms with Crippen LogP contribution >= 0.6 is 0 Å². The summed E-state index contributed by atoms with van der Waals surface area (Å²) in [5.41, 5.74) is 1.90. The molecule has 1 saturated heterocycles. The fourth-order valence-corrected chi connectivity index (χ4v) is 4.51. The summed E-state index contributed by atoms with van der Waals surface area (Å²) in [5.74, 6) is -1.89. The van der Waals surface area contributed by atoms with Crippen LogP contribution in [0.5, 0.6) is 0 Å². The highest BCUT2D eigenvalue weighted by molar-refractivity contribution is 5.98. The number of benzene rings is 2. The molecule has 0 bridgehead atoms. The molecule has 0 radical (unpaired) electrons. The number of amides is 1. The summed E-state index contributed by atoms with van der Waals surface area (Å²) >= 11 is 0. The number of anilines is 4. The molecular weight excluding hydrogens is 504 g/mol. The van der Waals surface area contributed by atoms with Crippen LogP contribution in [0.15, 0.2) is 67.4 Å². The molecule has 5 rings (SSSR count). The summed E-state index contributed by atoms with van der Waals surface area (Å²) in [6, 6.07) is 13.7. The second-order valence-electron chi connectivity index (χ2n) is 8.98. The predicted octanol–water partition coefficient (Wildman–Crippen LogP) is 3.95. The minimum Gasteiger partial charge on any atom is -0.395 e. The van der Waals surface area contributed by atoms with Crippen LogP contribution < -0.4 is 15.5 Å². The first-order valence-electron chi connectivity index (χ1n) is 12.5. The van der Waals surface area contributed by atoms with Gasteiger partial charge in [0.05, 0.1) is 29.2 Å². The van der Waals surface area contributed by atoms with E-state index in [1.54, 1.807) is 35.4 Å². The first-order valence-corrected chi connectivity index (χ1v) is 12.5. The van der Waals surface area contributed by atoms with E-state index in [0.29, 0.717) is 55.3 Å². The lowest BCUT2D eigenvalue weighted by Crippen LogP contribution is -2.47. The van der Waals surface area contributed by atoms with Gasteiger partial charge in [0.25, 0.3) is 0 Å². The van der Waals surface area contributed by atoms with Gasteiger partial charge in [-0.3, -0.25) is 9.69 Å². The number of piperazine rings is 1. The summed E-state index contributed by atoms with van der Waals surface area (Å²) < 4.78 is 30.2. The molecule has 0 aliphatic carbocycles. The summed E-state index contributed by atoms with van der Waals surface area (Å²) in [4.78, 5) is 28.9. The molecule has 0 spiro atoms. The maximum Gasteiger partial charge on any atom is 0.248 e. The number of aliphatic hydroxyl groups excluding tert-OH is 1. The molecule has 2 aromatic heterocycles. The number of fused-ring (bicyclic) bond motifs is 1. The molecule has 39 heavy (non-hydrogen) atoms. The second kappa shape index (κ2) is 11.5. The van der Waals surface area contributed by atoms with Crippen LogP contribution in [0, 0.1) is 11.6 Å². The van der Waals surface area contributed by atoms with Crippen LogP contribution in [-0.4, -0.2) is 70.2 Å². The van der Waals surface area contributed by atoms with Gasteiger partial charge in [-0.05, 0) is 30.3 Å². The molecule has 0 atom stereocenters. The molecule has 3 heterocycles. The van der Waals surface area contributed by atoms with Crippen molar-refractivity contribution < 1.29 is 18.7 Å². The smallest absolute Gasteiger partial charge is 0.248 e. The van der Waals surface area contributed by atoms with E-state index < -0.39 is 11.6 Å². The molecule has 0 unspecified atom stereocenters. The monoisotopic (exact) mass is 531 g/mol. The van der Waals surface area contributed by atoms with Gasteiger partial charge in [-0.15, -0.1) is 0 Å². The third kappa shape index (κ3) is 5.69. The van der Waals surface area contributed by atoms with Crippen LogP contribution in [0.3, 0.4) is 0 Å². The van der Waals surface area contributed by atoms with E-state index in [0.717, 1.165) is 11.5 Å². The Morgan fingerprint density at radius 2 is 1.82 bits per heavy atom. The molecular formula is C28H27F2N7O2.